The summed E-state index contributed by atoms with van der Waals surface area (Å²) in [6.45, 7) is 8.12. The van der Waals surface area contributed by atoms with Crippen LogP contribution in [0, 0.1) is 0 Å². The molecule has 3 fully saturated rings. The molecule has 3 aliphatic heterocycles. The van der Waals surface area contributed by atoms with Gasteiger partial charge in [0.2, 0.25) is 0 Å². The predicted octanol–water partition coefficient (Wildman–Crippen LogP) is 2.00. The van der Waals surface area contributed by atoms with E-state index in [4.69, 9.17) is 4.74 Å². The minimum atomic E-state index is -3.63. The average Bonchev–Trinajstić information content (AvgIpc) is 3.10. The fraction of sp³-hybridized carbons (Fsp3) is 0.750. The summed E-state index contributed by atoms with van der Waals surface area (Å²) in [4.78, 5) is 24.8. The summed E-state index contributed by atoms with van der Waals surface area (Å²) >= 11 is 0. The molecule has 4 rings (SSSR count). The van der Waals surface area contributed by atoms with Crippen LogP contribution in [-0.4, -0.2) is 82.1 Å². The van der Waals surface area contributed by atoms with E-state index in [1.54, 1.807) is 16.6 Å². The van der Waals surface area contributed by atoms with Gasteiger partial charge >= 0.3 is 6.09 Å². The number of aryl methyl sites for hydroxylation is 1. The zero-order valence-corrected chi connectivity index (χ0v) is 22.4. The van der Waals surface area contributed by atoms with E-state index in [1.807, 2.05) is 27.7 Å². The molecule has 0 aliphatic carbocycles. The van der Waals surface area contributed by atoms with E-state index in [9.17, 15) is 18.0 Å². The molecular formula is C24H38N6O5S. The van der Waals surface area contributed by atoms with Crippen molar-refractivity contribution < 1.29 is 22.7 Å². The quantitative estimate of drug-likeness (QED) is 0.584. The van der Waals surface area contributed by atoms with Crippen molar-refractivity contribution in [2.24, 2.45) is 0 Å². The van der Waals surface area contributed by atoms with Crippen molar-refractivity contribution in [1.82, 2.24) is 29.4 Å². The molecule has 3 aliphatic rings. The third-order valence-electron chi connectivity index (χ3n) is 7.12. The third kappa shape index (κ3) is 6.15. The van der Waals surface area contributed by atoms with Crippen molar-refractivity contribution >= 4 is 22.2 Å². The van der Waals surface area contributed by atoms with E-state index in [-0.39, 0.29) is 30.1 Å². The van der Waals surface area contributed by atoms with Gasteiger partial charge in [-0.1, -0.05) is 6.92 Å². The van der Waals surface area contributed by atoms with Gasteiger partial charge in [-0.2, -0.15) is 22.1 Å². The lowest BCUT2D eigenvalue weighted by molar-refractivity contribution is 0.0488. The fourth-order valence-electron chi connectivity index (χ4n) is 5.44. The molecule has 2 bridgehead atoms. The zero-order chi connectivity index (χ0) is 26.1. The van der Waals surface area contributed by atoms with E-state index in [0.29, 0.717) is 44.5 Å². The number of alkyl carbamates (subject to hydrolysis) is 1. The highest BCUT2D eigenvalue weighted by Crippen LogP contribution is 2.39. The molecule has 0 saturated carbocycles. The standard InChI is InChI=1S/C24H38N6O5S/c1-5-16-12-21(28-25-15-16)22(31)26-18-13-19-6-7-20(14-18)30(19)36(33,34)29-10-8-17(9-11-29)27-23(32)35-24(2,3)4/h12,15,17-20H,5-11,13-14H2,1-4H3,(H,26,31)(H,27,32)/t18?,19-,20+. The second-order valence-corrected chi connectivity index (χ2v) is 12.8. The molecule has 0 radical (unpaired) electrons. The highest BCUT2D eigenvalue weighted by Gasteiger charge is 2.49. The smallest absolute Gasteiger partial charge is 0.407 e. The predicted molar refractivity (Wildman–Crippen MR) is 133 cm³/mol. The first-order valence-electron chi connectivity index (χ1n) is 12.9. The number of nitrogens with one attached hydrogen (secondary N) is 2. The van der Waals surface area contributed by atoms with Gasteiger partial charge in [0.15, 0.2) is 5.69 Å². The number of carbonyl (C=O) groups excluding carboxylic acids is 2. The third-order valence-corrected chi connectivity index (χ3v) is 9.27. The van der Waals surface area contributed by atoms with Crippen LogP contribution in [0.2, 0.25) is 0 Å². The van der Waals surface area contributed by atoms with Crippen LogP contribution < -0.4 is 10.6 Å². The van der Waals surface area contributed by atoms with Gasteiger partial charge in [0.05, 0.1) is 6.20 Å². The molecule has 36 heavy (non-hydrogen) atoms. The maximum absolute atomic E-state index is 13.6. The second kappa shape index (κ2) is 10.6. The van der Waals surface area contributed by atoms with E-state index in [0.717, 1.165) is 24.8 Å². The molecule has 3 atom stereocenters. The largest absolute Gasteiger partial charge is 0.444 e. The summed E-state index contributed by atoms with van der Waals surface area (Å²) in [6, 6.07) is 1.27. The van der Waals surface area contributed by atoms with Gasteiger partial charge in [-0.05, 0) is 77.3 Å². The van der Waals surface area contributed by atoms with Crippen molar-refractivity contribution in [1.29, 1.82) is 0 Å². The number of rotatable bonds is 6. The monoisotopic (exact) mass is 522 g/mol. The highest BCUT2D eigenvalue weighted by atomic mass is 32.2. The Kier molecular flexibility index (Phi) is 7.86. The maximum atomic E-state index is 13.6. The SMILES string of the molecule is CCc1cnnc(C(=O)NC2C[C@H]3CC[C@@H](C2)N3S(=O)(=O)N2CCC(NC(=O)OC(C)(C)C)CC2)c1. The Balaban J connectivity index is 1.32. The van der Waals surface area contributed by atoms with Crippen molar-refractivity contribution in [2.45, 2.75) is 102 Å². The van der Waals surface area contributed by atoms with Crippen LogP contribution in [0.1, 0.15) is 82.3 Å². The molecule has 0 aromatic carbocycles. The molecule has 3 saturated heterocycles. The molecule has 1 unspecified atom stereocenters. The zero-order valence-electron chi connectivity index (χ0n) is 21.6. The minimum Gasteiger partial charge on any atom is -0.444 e. The molecular weight excluding hydrogens is 484 g/mol. The average molecular weight is 523 g/mol. The Morgan fingerprint density at radius 2 is 1.69 bits per heavy atom. The molecule has 11 nitrogen and oxygen atoms in total. The number of amides is 2. The number of carbonyl (C=O) groups is 2. The first-order valence-corrected chi connectivity index (χ1v) is 14.3. The van der Waals surface area contributed by atoms with Gasteiger partial charge in [-0.15, -0.1) is 5.10 Å². The molecule has 4 heterocycles. The van der Waals surface area contributed by atoms with Crippen molar-refractivity contribution in [3.05, 3.63) is 23.5 Å². The number of ether oxygens (including phenoxy) is 1. The lowest BCUT2D eigenvalue weighted by Gasteiger charge is -2.42. The van der Waals surface area contributed by atoms with Crippen LogP contribution in [0.3, 0.4) is 0 Å². The molecule has 1 aromatic rings. The molecule has 12 heteroatoms. The Morgan fingerprint density at radius 1 is 1.06 bits per heavy atom. The summed E-state index contributed by atoms with van der Waals surface area (Å²) in [6.07, 6.45) is 5.77. The van der Waals surface area contributed by atoms with Gasteiger partial charge in [0.25, 0.3) is 16.1 Å². The number of aromatic nitrogens is 2. The van der Waals surface area contributed by atoms with Crippen LogP contribution >= 0.6 is 0 Å². The highest BCUT2D eigenvalue weighted by molar-refractivity contribution is 7.86. The summed E-state index contributed by atoms with van der Waals surface area (Å²) < 4.78 is 35.7. The summed E-state index contributed by atoms with van der Waals surface area (Å²) in [7, 11) is -3.63. The number of hydrogen-bond acceptors (Lipinski definition) is 7. The summed E-state index contributed by atoms with van der Waals surface area (Å²) in [5, 5.41) is 13.8. The van der Waals surface area contributed by atoms with Gasteiger partial charge in [0.1, 0.15) is 5.60 Å². The first-order chi connectivity index (χ1) is 17.0. The van der Waals surface area contributed by atoms with Crippen LogP contribution in [0.15, 0.2) is 12.3 Å². The summed E-state index contributed by atoms with van der Waals surface area (Å²) in [5.41, 5.74) is 0.659. The van der Waals surface area contributed by atoms with E-state index in [2.05, 4.69) is 20.8 Å². The minimum absolute atomic E-state index is 0.0997. The molecule has 2 amide bonds. The van der Waals surface area contributed by atoms with Gasteiger partial charge in [-0.25, -0.2) is 4.79 Å². The first kappa shape index (κ1) is 26.7. The fourth-order valence-corrected chi connectivity index (χ4v) is 7.51. The topological polar surface area (TPSA) is 134 Å². The Hall–Kier alpha value is -2.31. The lowest BCUT2D eigenvalue weighted by atomic mass is 9.99. The lowest BCUT2D eigenvalue weighted by Crippen LogP contribution is -2.57. The van der Waals surface area contributed by atoms with Crippen molar-refractivity contribution in [3.63, 3.8) is 0 Å². The summed E-state index contributed by atoms with van der Waals surface area (Å²) in [5.74, 6) is -0.266. The normalized spacial score (nSPS) is 25.9. The van der Waals surface area contributed by atoms with Gasteiger partial charge < -0.3 is 15.4 Å². The van der Waals surface area contributed by atoms with Crippen LogP contribution in [0.25, 0.3) is 0 Å². The number of piperidine rings is 2. The van der Waals surface area contributed by atoms with Gasteiger partial charge in [0, 0.05) is 37.3 Å². The van der Waals surface area contributed by atoms with E-state index >= 15 is 0 Å². The maximum Gasteiger partial charge on any atom is 0.407 e. The molecule has 200 valence electrons. The molecule has 0 spiro atoms. The van der Waals surface area contributed by atoms with Gasteiger partial charge in [-0.3, -0.25) is 4.79 Å². The number of hydrogen-bond donors (Lipinski definition) is 2. The van der Waals surface area contributed by atoms with E-state index in [1.165, 1.54) is 4.31 Å². The van der Waals surface area contributed by atoms with Crippen molar-refractivity contribution in [3.8, 4) is 0 Å². The Labute approximate surface area is 213 Å². The van der Waals surface area contributed by atoms with E-state index < -0.39 is 21.9 Å². The molecule has 2 N–H and O–H groups in total. The van der Waals surface area contributed by atoms with Crippen LogP contribution in [0.5, 0.6) is 0 Å². The number of nitrogens with zero attached hydrogens (tertiary/aromatic N) is 4. The van der Waals surface area contributed by atoms with Crippen LogP contribution in [0.4, 0.5) is 4.79 Å². The Bertz CT molecular complexity index is 1050. The van der Waals surface area contributed by atoms with Crippen LogP contribution in [-0.2, 0) is 21.4 Å². The second-order valence-electron chi connectivity index (χ2n) is 11.0. The molecule has 1 aromatic heterocycles. The Morgan fingerprint density at radius 3 is 2.28 bits per heavy atom. The number of fused-ring (bicyclic) bond motifs is 2. The van der Waals surface area contributed by atoms with Crippen molar-refractivity contribution in [2.75, 3.05) is 13.1 Å².